The molecule has 3 aromatic rings. The van der Waals surface area contributed by atoms with Gasteiger partial charge in [-0.1, -0.05) is 41.6 Å². The normalized spacial score (nSPS) is 10.5. The molecule has 2 aromatic carbocycles. The Bertz CT molecular complexity index is 1130. The maximum atomic E-state index is 12.4. The van der Waals surface area contributed by atoms with Crippen LogP contribution < -0.4 is 10.6 Å². The molecule has 0 aliphatic carbocycles. The molecule has 0 saturated carbocycles. The first kappa shape index (κ1) is 23.0. The van der Waals surface area contributed by atoms with Crippen LogP contribution in [0.5, 0.6) is 0 Å². The number of methoxy groups -OCH3 is 1. The van der Waals surface area contributed by atoms with Gasteiger partial charge >= 0.3 is 5.97 Å². The summed E-state index contributed by atoms with van der Waals surface area (Å²) >= 11 is 1.18. The number of benzene rings is 2. The van der Waals surface area contributed by atoms with Crippen molar-refractivity contribution in [1.82, 2.24) is 14.8 Å². The number of amides is 2. The number of rotatable bonds is 8. The van der Waals surface area contributed by atoms with Crippen molar-refractivity contribution in [3.63, 3.8) is 0 Å². The Morgan fingerprint density at radius 3 is 2.44 bits per heavy atom. The Hall–Kier alpha value is -3.66. The Morgan fingerprint density at radius 2 is 1.72 bits per heavy atom. The smallest absolute Gasteiger partial charge is 0.339 e. The molecule has 3 rings (SSSR count). The zero-order valence-corrected chi connectivity index (χ0v) is 18.7. The summed E-state index contributed by atoms with van der Waals surface area (Å²) in [6.45, 7) is 1.97. The van der Waals surface area contributed by atoms with Crippen LogP contribution in [0.15, 0.2) is 53.7 Å². The second-order valence-corrected chi connectivity index (χ2v) is 7.87. The number of para-hydroxylation sites is 1. The molecule has 1 aromatic heterocycles. The molecular weight excluding hydrogens is 430 g/mol. The van der Waals surface area contributed by atoms with Gasteiger partial charge in [-0.05, 0) is 31.2 Å². The van der Waals surface area contributed by atoms with Gasteiger partial charge < -0.3 is 19.9 Å². The molecule has 2 N–H and O–H groups in total. The first-order chi connectivity index (χ1) is 15.4. The second kappa shape index (κ2) is 10.6. The summed E-state index contributed by atoms with van der Waals surface area (Å²) in [4.78, 5) is 36.5. The molecule has 0 unspecified atom stereocenters. The van der Waals surface area contributed by atoms with Gasteiger partial charge in [0.1, 0.15) is 5.82 Å². The summed E-state index contributed by atoms with van der Waals surface area (Å²) in [7, 11) is 3.02. The SMILES string of the molecule is COC(=O)c1ccccc1NC(=O)CSc1nnc(CC(=O)Nc2ccc(C)cc2)n1C. The number of ether oxygens (including phenoxy) is 1. The first-order valence-corrected chi connectivity index (χ1v) is 10.7. The predicted molar refractivity (Wildman–Crippen MR) is 122 cm³/mol. The fourth-order valence-corrected chi connectivity index (χ4v) is 3.54. The van der Waals surface area contributed by atoms with Gasteiger partial charge in [-0.25, -0.2) is 4.79 Å². The highest BCUT2D eigenvalue weighted by molar-refractivity contribution is 7.99. The van der Waals surface area contributed by atoms with Gasteiger partial charge in [-0.15, -0.1) is 10.2 Å². The summed E-state index contributed by atoms with van der Waals surface area (Å²) < 4.78 is 6.41. The summed E-state index contributed by atoms with van der Waals surface area (Å²) in [6, 6.07) is 14.1. The van der Waals surface area contributed by atoms with Gasteiger partial charge in [0.25, 0.3) is 0 Å². The van der Waals surface area contributed by atoms with Crippen LogP contribution in [0.3, 0.4) is 0 Å². The van der Waals surface area contributed by atoms with Crippen LogP contribution in [0.2, 0.25) is 0 Å². The van der Waals surface area contributed by atoms with Gasteiger partial charge in [0.05, 0.1) is 30.5 Å². The highest BCUT2D eigenvalue weighted by Gasteiger charge is 2.16. The van der Waals surface area contributed by atoms with E-state index >= 15 is 0 Å². The molecule has 0 radical (unpaired) electrons. The summed E-state index contributed by atoms with van der Waals surface area (Å²) in [5.74, 6) is -0.521. The van der Waals surface area contributed by atoms with Gasteiger partial charge in [-0.2, -0.15) is 0 Å². The van der Waals surface area contributed by atoms with Crippen LogP contribution in [0.25, 0.3) is 0 Å². The number of hydrogen-bond acceptors (Lipinski definition) is 7. The van der Waals surface area contributed by atoms with E-state index < -0.39 is 5.97 Å². The average molecular weight is 454 g/mol. The molecule has 2 amide bonds. The Balaban J connectivity index is 1.55. The Labute approximate surface area is 189 Å². The molecule has 0 saturated heterocycles. The lowest BCUT2D eigenvalue weighted by Crippen LogP contribution is -2.18. The van der Waals surface area contributed by atoms with E-state index in [2.05, 4.69) is 20.8 Å². The van der Waals surface area contributed by atoms with E-state index in [0.717, 1.165) is 5.56 Å². The van der Waals surface area contributed by atoms with Gasteiger partial charge in [0, 0.05) is 12.7 Å². The summed E-state index contributed by atoms with van der Waals surface area (Å²) in [5.41, 5.74) is 2.46. The van der Waals surface area contributed by atoms with Crippen molar-refractivity contribution in [3.8, 4) is 0 Å². The quantitative estimate of drug-likeness (QED) is 0.398. The largest absolute Gasteiger partial charge is 0.465 e. The van der Waals surface area contributed by atoms with Crippen molar-refractivity contribution >= 4 is 40.9 Å². The molecule has 0 aliphatic heterocycles. The number of aromatic nitrogens is 3. The number of carbonyl (C=O) groups excluding carboxylic acids is 3. The highest BCUT2D eigenvalue weighted by Crippen LogP contribution is 2.19. The number of thioether (sulfide) groups is 1. The number of carbonyl (C=O) groups is 3. The topological polar surface area (TPSA) is 115 Å². The zero-order valence-electron chi connectivity index (χ0n) is 17.9. The monoisotopic (exact) mass is 453 g/mol. The number of nitrogens with zero attached hydrogens (tertiary/aromatic N) is 3. The van der Waals surface area contributed by atoms with E-state index in [9.17, 15) is 14.4 Å². The van der Waals surface area contributed by atoms with Crippen molar-refractivity contribution in [2.45, 2.75) is 18.5 Å². The fraction of sp³-hybridized carbons (Fsp3) is 0.227. The van der Waals surface area contributed by atoms with E-state index in [4.69, 9.17) is 4.74 Å². The first-order valence-electron chi connectivity index (χ1n) is 9.72. The summed E-state index contributed by atoms with van der Waals surface area (Å²) in [5, 5.41) is 14.2. The minimum absolute atomic E-state index is 0.0522. The van der Waals surface area contributed by atoms with Crippen LogP contribution in [0, 0.1) is 6.92 Å². The molecule has 0 fully saturated rings. The molecular formula is C22H23N5O4S. The van der Waals surface area contributed by atoms with E-state index in [-0.39, 0.29) is 29.6 Å². The molecule has 166 valence electrons. The van der Waals surface area contributed by atoms with E-state index in [1.54, 1.807) is 35.9 Å². The van der Waals surface area contributed by atoms with Crippen LogP contribution in [0.1, 0.15) is 21.7 Å². The van der Waals surface area contributed by atoms with Crippen LogP contribution in [-0.4, -0.2) is 45.4 Å². The van der Waals surface area contributed by atoms with Crippen molar-refractivity contribution in [3.05, 3.63) is 65.5 Å². The average Bonchev–Trinajstić information content (AvgIpc) is 3.12. The minimum Gasteiger partial charge on any atom is -0.465 e. The zero-order chi connectivity index (χ0) is 23.1. The van der Waals surface area contributed by atoms with Crippen molar-refractivity contribution in [2.24, 2.45) is 7.05 Å². The molecule has 10 heteroatoms. The summed E-state index contributed by atoms with van der Waals surface area (Å²) in [6.07, 6.45) is 0.0522. The molecule has 0 spiro atoms. The molecule has 0 aliphatic rings. The van der Waals surface area contributed by atoms with Crippen molar-refractivity contribution < 1.29 is 19.1 Å². The Morgan fingerprint density at radius 1 is 1.00 bits per heavy atom. The fourth-order valence-electron chi connectivity index (χ4n) is 2.81. The predicted octanol–water partition coefficient (Wildman–Crippen LogP) is 2.82. The lowest BCUT2D eigenvalue weighted by Gasteiger charge is -2.09. The minimum atomic E-state index is -0.532. The number of anilines is 2. The number of hydrogen-bond donors (Lipinski definition) is 2. The lowest BCUT2D eigenvalue weighted by atomic mass is 10.2. The van der Waals surface area contributed by atoms with E-state index in [1.807, 2.05) is 31.2 Å². The van der Waals surface area contributed by atoms with Gasteiger partial charge in [0.15, 0.2) is 5.16 Å². The van der Waals surface area contributed by atoms with Crippen LogP contribution >= 0.6 is 11.8 Å². The maximum Gasteiger partial charge on any atom is 0.339 e. The number of esters is 1. The number of aryl methyl sites for hydroxylation is 1. The van der Waals surface area contributed by atoms with E-state index in [1.165, 1.54) is 18.9 Å². The van der Waals surface area contributed by atoms with Crippen molar-refractivity contribution in [2.75, 3.05) is 23.5 Å². The maximum absolute atomic E-state index is 12.4. The van der Waals surface area contributed by atoms with Crippen LogP contribution in [-0.2, 0) is 27.8 Å². The third-order valence-electron chi connectivity index (χ3n) is 4.52. The molecule has 0 atom stereocenters. The third-order valence-corrected chi connectivity index (χ3v) is 5.54. The molecule has 32 heavy (non-hydrogen) atoms. The molecule has 0 bridgehead atoms. The lowest BCUT2D eigenvalue weighted by molar-refractivity contribution is -0.116. The van der Waals surface area contributed by atoms with Crippen molar-refractivity contribution in [1.29, 1.82) is 0 Å². The van der Waals surface area contributed by atoms with Gasteiger partial charge in [-0.3, -0.25) is 9.59 Å². The molecule has 1 heterocycles. The highest BCUT2D eigenvalue weighted by atomic mass is 32.2. The van der Waals surface area contributed by atoms with Crippen LogP contribution in [0.4, 0.5) is 11.4 Å². The number of nitrogens with one attached hydrogen (secondary N) is 2. The second-order valence-electron chi connectivity index (χ2n) is 6.92. The Kier molecular flexibility index (Phi) is 7.61. The molecule has 9 nitrogen and oxygen atoms in total. The third kappa shape index (κ3) is 5.94. The van der Waals surface area contributed by atoms with Gasteiger partial charge in [0.2, 0.25) is 11.8 Å². The standard InChI is InChI=1S/C22H23N5O4S/c1-14-8-10-15(11-9-14)23-19(28)12-18-25-26-22(27(18)2)32-13-20(29)24-17-7-5-4-6-16(17)21(30)31-3/h4-11H,12-13H2,1-3H3,(H,23,28)(H,24,29). The van der Waals surface area contributed by atoms with E-state index in [0.29, 0.717) is 22.4 Å².